The van der Waals surface area contributed by atoms with Crippen molar-refractivity contribution in [3.05, 3.63) is 77.4 Å². The number of anilines is 1. The van der Waals surface area contributed by atoms with E-state index < -0.39 is 0 Å². The Bertz CT molecular complexity index is 881. The predicted octanol–water partition coefficient (Wildman–Crippen LogP) is 5.61. The molecule has 0 saturated carbocycles. The minimum Gasteiger partial charge on any atom is -0.422 e. The highest BCUT2D eigenvalue weighted by molar-refractivity contribution is 5.81. The molecule has 0 atom stereocenters. The third-order valence-corrected chi connectivity index (χ3v) is 3.43. The van der Waals surface area contributed by atoms with E-state index in [2.05, 4.69) is 17.2 Å². The molecule has 0 spiro atoms. The first-order chi connectivity index (χ1) is 12.7. The number of para-hydroxylation sites is 1. The minimum absolute atomic E-state index is 0.334. The Morgan fingerprint density at radius 3 is 2.19 bits per heavy atom. The fourth-order valence-corrected chi connectivity index (χ4v) is 2.23. The van der Waals surface area contributed by atoms with E-state index in [0.29, 0.717) is 17.0 Å². The van der Waals surface area contributed by atoms with Crippen LogP contribution in [-0.4, -0.2) is 7.05 Å². The highest BCUT2D eigenvalue weighted by atomic mass is 16.4. The Kier molecular flexibility index (Phi) is 8.71. The van der Waals surface area contributed by atoms with Gasteiger partial charge in [-0.3, -0.25) is 0 Å². The molecule has 2 N–H and O–H groups in total. The number of rotatable bonds is 4. The number of hydrogen-bond donors (Lipinski definition) is 2. The van der Waals surface area contributed by atoms with Gasteiger partial charge in [0.2, 0.25) is 0 Å². The van der Waals surface area contributed by atoms with E-state index in [1.807, 2.05) is 76.2 Å². The number of nitrogens with one attached hydrogen (secondary N) is 2. The highest BCUT2D eigenvalue weighted by Crippen LogP contribution is 2.22. The monoisotopic (exact) mass is 352 g/mol. The highest BCUT2D eigenvalue weighted by Gasteiger charge is 2.07. The molecule has 0 saturated heterocycles. The van der Waals surface area contributed by atoms with Gasteiger partial charge in [0, 0.05) is 18.1 Å². The van der Waals surface area contributed by atoms with Crippen LogP contribution in [0.1, 0.15) is 27.7 Å². The fourth-order valence-electron chi connectivity index (χ4n) is 2.23. The van der Waals surface area contributed by atoms with Gasteiger partial charge in [-0.05, 0) is 29.8 Å². The van der Waals surface area contributed by atoms with E-state index in [0.717, 1.165) is 16.6 Å². The summed E-state index contributed by atoms with van der Waals surface area (Å²) in [6, 6.07) is 16.9. The Hall–Kier alpha value is -3.01. The zero-order chi connectivity index (χ0) is 19.5. The Balaban J connectivity index is 0.000000791. The van der Waals surface area contributed by atoms with Gasteiger partial charge in [-0.2, -0.15) is 0 Å². The Labute approximate surface area is 155 Å². The molecular formula is C22H28N2O2. The second-order valence-electron chi connectivity index (χ2n) is 4.92. The van der Waals surface area contributed by atoms with Crippen LogP contribution in [0, 0.1) is 0 Å². The van der Waals surface area contributed by atoms with Gasteiger partial charge in [-0.25, -0.2) is 4.79 Å². The van der Waals surface area contributed by atoms with Crippen molar-refractivity contribution in [2.24, 2.45) is 0 Å². The van der Waals surface area contributed by atoms with E-state index >= 15 is 0 Å². The second kappa shape index (κ2) is 10.8. The normalized spacial score (nSPS) is 9.27. The average Bonchev–Trinajstić information content (AvgIpc) is 2.71. The number of fused-ring (bicyclic) bond motifs is 1. The summed E-state index contributed by atoms with van der Waals surface area (Å²) in [6.07, 6.45) is 0. The molecule has 0 bridgehead atoms. The number of benzene rings is 2. The second-order valence-corrected chi connectivity index (χ2v) is 4.92. The summed E-state index contributed by atoms with van der Waals surface area (Å²) >= 11 is 0. The van der Waals surface area contributed by atoms with Crippen LogP contribution in [-0.2, 0) is 0 Å². The van der Waals surface area contributed by atoms with E-state index in [1.54, 1.807) is 13.1 Å². The molecule has 138 valence electrons. The molecule has 3 aromatic rings. The molecule has 4 nitrogen and oxygen atoms in total. The van der Waals surface area contributed by atoms with Gasteiger partial charge in [-0.1, -0.05) is 64.6 Å². The van der Waals surface area contributed by atoms with Crippen molar-refractivity contribution in [1.82, 2.24) is 5.32 Å². The maximum atomic E-state index is 12.1. The maximum absolute atomic E-state index is 12.1. The zero-order valence-corrected chi connectivity index (χ0v) is 16.2. The van der Waals surface area contributed by atoms with E-state index in [1.165, 1.54) is 0 Å². The van der Waals surface area contributed by atoms with Crippen molar-refractivity contribution in [1.29, 1.82) is 0 Å². The lowest BCUT2D eigenvalue weighted by Gasteiger charge is -2.09. The lowest BCUT2D eigenvalue weighted by molar-refractivity contribution is 0.563. The van der Waals surface area contributed by atoms with Crippen LogP contribution in [0.15, 0.2) is 76.2 Å². The molecule has 1 heterocycles. The van der Waals surface area contributed by atoms with Crippen LogP contribution in [0.3, 0.4) is 0 Å². The van der Waals surface area contributed by atoms with Gasteiger partial charge >= 0.3 is 5.63 Å². The smallest absolute Gasteiger partial charge is 0.344 e. The first-order valence-corrected chi connectivity index (χ1v) is 8.94. The molecule has 0 aliphatic carbocycles. The predicted molar refractivity (Wildman–Crippen MR) is 112 cm³/mol. The van der Waals surface area contributed by atoms with E-state index in [-0.39, 0.29) is 5.63 Å². The van der Waals surface area contributed by atoms with Crippen LogP contribution < -0.4 is 16.3 Å². The van der Waals surface area contributed by atoms with Crippen LogP contribution in [0.5, 0.6) is 0 Å². The molecule has 1 aromatic heterocycles. The topological polar surface area (TPSA) is 54.3 Å². The SMILES string of the molecule is C=C(NC)Nc1ccc(-c2cc3ccccc3oc2=O)cc1.CC.CC. The summed E-state index contributed by atoms with van der Waals surface area (Å²) in [4.78, 5) is 12.1. The molecule has 2 aromatic carbocycles. The van der Waals surface area contributed by atoms with Crippen LogP contribution in [0.25, 0.3) is 22.1 Å². The van der Waals surface area contributed by atoms with E-state index in [4.69, 9.17) is 4.42 Å². The molecule has 0 aliphatic heterocycles. The molecule has 0 amide bonds. The molecule has 0 radical (unpaired) electrons. The summed E-state index contributed by atoms with van der Waals surface area (Å²) in [5, 5.41) is 6.93. The molecule has 4 heteroatoms. The van der Waals surface area contributed by atoms with Crippen LogP contribution >= 0.6 is 0 Å². The lowest BCUT2D eigenvalue weighted by atomic mass is 10.1. The van der Waals surface area contributed by atoms with E-state index in [9.17, 15) is 4.79 Å². The summed E-state index contributed by atoms with van der Waals surface area (Å²) in [7, 11) is 1.80. The summed E-state index contributed by atoms with van der Waals surface area (Å²) in [6.45, 7) is 11.8. The van der Waals surface area contributed by atoms with Gasteiger partial charge in [0.15, 0.2) is 0 Å². The molecule has 26 heavy (non-hydrogen) atoms. The van der Waals surface area contributed by atoms with Gasteiger partial charge in [-0.15, -0.1) is 0 Å². The molecule has 0 aliphatic rings. The van der Waals surface area contributed by atoms with Crippen molar-refractivity contribution in [2.75, 3.05) is 12.4 Å². The van der Waals surface area contributed by atoms with Gasteiger partial charge in [0.05, 0.1) is 11.4 Å². The third kappa shape index (κ3) is 5.24. The third-order valence-electron chi connectivity index (χ3n) is 3.43. The van der Waals surface area contributed by atoms with Crippen molar-refractivity contribution in [3.63, 3.8) is 0 Å². The van der Waals surface area contributed by atoms with Crippen molar-refractivity contribution in [2.45, 2.75) is 27.7 Å². The Morgan fingerprint density at radius 2 is 1.58 bits per heavy atom. The lowest BCUT2D eigenvalue weighted by Crippen LogP contribution is -2.12. The van der Waals surface area contributed by atoms with Gasteiger partial charge in [0.1, 0.15) is 5.58 Å². The fraction of sp³-hybridized carbons (Fsp3) is 0.227. The summed E-state index contributed by atoms with van der Waals surface area (Å²) < 4.78 is 5.36. The Morgan fingerprint density at radius 1 is 0.962 bits per heavy atom. The van der Waals surface area contributed by atoms with Crippen LogP contribution in [0.2, 0.25) is 0 Å². The molecule has 0 fully saturated rings. The quantitative estimate of drug-likeness (QED) is 0.599. The average molecular weight is 352 g/mol. The van der Waals surface area contributed by atoms with Crippen molar-refractivity contribution >= 4 is 16.7 Å². The number of hydrogen-bond acceptors (Lipinski definition) is 4. The summed E-state index contributed by atoms with van der Waals surface area (Å²) in [5.41, 5.74) is 2.53. The largest absolute Gasteiger partial charge is 0.422 e. The van der Waals surface area contributed by atoms with Crippen molar-refractivity contribution in [3.8, 4) is 11.1 Å². The van der Waals surface area contributed by atoms with Gasteiger partial charge in [0.25, 0.3) is 0 Å². The molecular weight excluding hydrogens is 324 g/mol. The molecule has 3 rings (SSSR count). The maximum Gasteiger partial charge on any atom is 0.344 e. The first-order valence-electron chi connectivity index (χ1n) is 8.94. The van der Waals surface area contributed by atoms with Crippen molar-refractivity contribution < 1.29 is 4.42 Å². The standard InChI is InChI=1S/C18H16N2O2.2C2H6/c1-12(19-2)20-15-9-7-13(8-10-15)16-11-14-5-3-4-6-17(14)22-18(16)21;2*1-2/h3-11,19-20H,1H2,2H3;2*1-2H3. The zero-order valence-electron chi connectivity index (χ0n) is 16.2. The van der Waals surface area contributed by atoms with Gasteiger partial charge < -0.3 is 15.1 Å². The van der Waals surface area contributed by atoms with Crippen LogP contribution in [0.4, 0.5) is 5.69 Å². The minimum atomic E-state index is -0.334. The first kappa shape index (κ1) is 21.0. The summed E-state index contributed by atoms with van der Waals surface area (Å²) in [5.74, 6) is 0.706. The molecule has 0 unspecified atom stereocenters.